The number of allylic oxidation sites excluding steroid dienone is 1. The molecule has 0 aliphatic carbocycles. The second-order valence-electron chi connectivity index (χ2n) is 3.87. The van der Waals surface area contributed by atoms with E-state index in [1.54, 1.807) is 0 Å². The predicted octanol–water partition coefficient (Wildman–Crippen LogP) is 0.675. The number of hydrogen-bond acceptors (Lipinski definition) is 5. The van der Waals surface area contributed by atoms with Crippen molar-refractivity contribution in [2.75, 3.05) is 0 Å². The summed E-state index contributed by atoms with van der Waals surface area (Å²) >= 11 is 0. The van der Waals surface area contributed by atoms with Gasteiger partial charge in [-0.15, -0.1) is 6.58 Å². The molecule has 1 N–H and O–H groups in total. The number of rotatable bonds is 5. The van der Waals surface area contributed by atoms with Gasteiger partial charge in [0, 0.05) is 13.0 Å². The third-order valence-corrected chi connectivity index (χ3v) is 2.40. The van der Waals surface area contributed by atoms with Crippen LogP contribution in [0.25, 0.3) is 0 Å². The van der Waals surface area contributed by atoms with Gasteiger partial charge in [0.05, 0.1) is 0 Å². The van der Waals surface area contributed by atoms with Gasteiger partial charge in [0.1, 0.15) is 12.3 Å². The maximum atomic E-state index is 13.5. The molecule has 0 aromatic heterocycles. The first-order valence-electron chi connectivity index (χ1n) is 5.44. The first kappa shape index (κ1) is 14.4. The van der Waals surface area contributed by atoms with Crippen molar-refractivity contribution in [1.29, 1.82) is 0 Å². The van der Waals surface area contributed by atoms with Crippen LogP contribution < -0.4 is 0 Å². The Morgan fingerprint density at radius 3 is 3.00 bits per heavy atom. The van der Waals surface area contributed by atoms with Gasteiger partial charge in [0.2, 0.25) is 0 Å². The summed E-state index contributed by atoms with van der Waals surface area (Å²) < 4.78 is 23.2. The molecule has 0 saturated carbocycles. The van der Waals surface area contributed by atoms with Crippen LogP contribution >= 0.6 is 0 Å². The van der Waals surface area contributed by atoms with Crippen molar-refractivity contribution < 1.29 is 28.6 Å². The number of cyclic esters (lactones) is 1. The van der Waals surface area contributed by atoms with Crippen LogP contribution in [0.2, 0.25) is 0 Å². The number of ether oxygens (including phenoxy) is 2. The van der Waals surface area contributed by atoms with Crippen molar-refractivity contribution in [3.05, 3.63) is 24.8 Å². The fourth-order valence-electron chi connectivity index (χ4n) is 1.59. The lowest BCUT2D eigenvalue weighted by Gasteiger charge is -2.31. The van der Waals surface area contributed by atoms with Gasteiger partial charge in [-0.2, -0.15) is 0 Å². The minimum atomic E-state index is -1.65. The van der Waals surface area contributed by atoms with Crippen LogP contribution in [0.5, 0.6) is 0 Å². The smallest absolute Gasteiger partial charge is 0.331 e. The topological polar surface area (TPSA) is 72.8 Å². The summed E-state index contributed by atoms with van der Waals surface area (Å²) in [4.78, 5) is 22.0. The van der Waals surface area contributed by atoms with Crippen molar-refractivity contribution in [2.24, 2.45) is 0 Å². The Morgan fingerprint density at radius 1 is 1.78 bits per heavy atom. The highest BCUT2D eigenvalue weighted by Gasteiger charge is 2.39. The van der Waals surface area contributed by atoms with Crippen LogP contribution in [0, 0.1) is 0 Å². The van der Waals surface area contributed by atoms with Crippen LogP contribution in [0.1, 0.15) is 13.3 Å². The zero-order valence-electron chi connectivity index (χ0n) is 9.91. The first-order chi connectivity index (χ1) is 8.45. The third kappa shape index (κ3) is 3.66. The van der Waals surface area contributed by atoms with Gasteiger partial charge in [-0.1, -0.05) is 6.08 Å². The van der Waals surface area contributed by atoms with Crippen LogP contribution in [0.15, 0.2) is 24.8 Å². The molecule has 0 bridgehead atoms. The number of halogens is 1. The molecule has 1 aliphatic heterocycles. The molecular formula is C12H15FO5. The van der Waals surface area contributed by atoms with Crippen molar-refractivity contribution in [3.8, 4) is 0 Å². The number of carbonyl (C=O) groups is 2. The fraction of sp³-hybridized carbons (Fsp3) is 0.500. The molecule has 1 rings (SSSR count). The molecule has 6 heteroatoms. The Labute approximate surface area is 104 Å². The molecule has 1 aliphatic rings. The number of esters is 2. The highest BCUT2D eigenvalue weighted by atomic mass is 19.1. The Kier molecular flexibility index (Phi) is 5.03. The maximum absolute atomic E-state index is 13.5. The van der Waals surface area contributed by atoms with Crippen LogP contribution in [0.4, 0.5) is 4.39 Å². The normalized spacial score (nSPS) is 26.1. The number of hydrogen-bond donors (Lipinski definition) is 1. The summed E-state index contributed by atoms with van der Waals surface area (Å²) in [6.45, 7) is 4.52. The standard InChI is InChI=1S/C12H15FO5/c1-3-4-8(13)11(16)12-9(17-7(2)14)5-6-10(15)18-12/h3,5-6,8-9,11-12,16H,1,4H2,2H3/t8-,9+,11+,12-/m1/s1. The summed E-state index contributed by atoms with van der Waals surface area (Å²) in [6, 6.07) is 0. The Balaban J connectivity index is 2.80. The van der Waals surface area contributed by atoms with E-state index in [2.05, 4.69) is 6.58 Å². The molecular weight excluding hydrogens is 243 g/mol. The predicted molar refractivity (Wildman–Crippen MR) is 60.3 cm³/mol. The first-order valence-corrected chi connectivity index (χ1v) is 5.44. The van der Waals surface area contributed by atoms with E-state index in [0.29, 0.717) is 0 Å². The molecule has 5 nitrogen and oxygen atoms in total. The van der Waals surface area contributed by atoms with Gasteiger partial charge < -0.3 is 14.6 Å². The lowest BCUT2D eigenvalue weighted by Crippen LogP contribution is -2.48. The average Bonchev–Trinajstić information content (AvgIpc) is 2.30. The molecule has 0 radical (unpaired) electrons. The lowest BCUT2D eigenvalue weighted by atomic mass is 9.99. The monoisotopic (exact) mass is 258 g/mol. The summed E-state index contributed by atoms with van der Waals surface area (Å²) in [5, 5.41) is 9.75. The van der Waals surface area contributed by atoms with Crippen LogP contribution in [-0.4, -0.2) is 41.5 Å². The van der Waals surface area contributed by atoms with E-state index in [4.69, 9.17) is 9.47 Å². The molecule has 0 saturated heterocycles. The van der Waals surface area contributed by atoms with E-state index in [0.717, 1.165) is 6.08 Å². The fourth-order valence-corrected chi connectivity index (χ4v) is 1.59. The van der Waals surface area contributed by atoms with Gasteiger partial charge in [-0.25, -0.2) is 9.18 Å². The van der Waals surface area contributed by atoms with E-state index < -0.39 is 36.4 Å². The van der Waals surface area contributed by atoms with Gasteiger partial charge >= 0.3 is 11.9 Å². The zero-order chi connectivity index (χ0) is 13.7. The van der Waals surface area contributed by atoms with E-state index in [9.17, 15) is 19.1 Å². The Morgan fingerprint density at radius 2 is 2.44 bits per heavy atom. The minimum Gasteiger partial charge on any atom is -0.454 e. The van der Waals surface area contributed by atoms with Gasteiger partial charge in [-0.05, 0) is 12.5 Å². The van der Waals surface area contributed by atoms with Crippen molar-refractivity contribution in [1.82, 2.24) is 0 Å². The maximum Gasteiger partial charge on any atom is 0.331 e. The van der Waals surface area contributed by atoms with Gasteiger partial charge in [0.15, 0.2) is 12.2 Å². The van der Waals surface area contributed by atoms with Crippen molar-refractivity contribution in [3.63, 3.8) is 0 Å². The molecule has 0 unspecified atom stereocenters. The van der Waals surface area contributed by atoms with E-state index in [-0.39, 0.29) is 6.42 Å². The third-order valence-electron chi connectivity index (χ3n) is 2.40. The highest BCUT2D eigenvalue weighted by molar-refractivity contribution is 5.83. The lowest BCUT2D eigenvalue weighted by molar-refractivity contribution is -0.174. The second kappa shape index (κ2) is 6.30. The SMILES string of the molecule is C=CC[C@@H](F)[C@H](O)[C@@H]1OC(=O)C=C[C@@H]1OC(C)=O. The number of carbonyl (C=O) groups excluding carboxylic acids is 2. The quantitative estimate of drug-likeness (QED) is 0.579. The largest absolute Gasteiger partial charge is 0.454 e. The number of alkyl halides is 1. The number of aliphatic hydroxyl groups excluding tert-OH is 1. The van der Waals surface area contributed by atoms with Crippen LogP contribution in [0.3, 0.4) is 0 Å². The number of aliphatic hydroxyl groups is 1. The van der Waals surface area contributed by atoms with E-state index in [1.165, 1.54) is 19.1 Å². The molecule has 18 heavy (non-hydrogen) atoms. The zero-order valence-corrected chi connectivity index (χ0v) is 9.91. The second-order valence-corrected chi connectivity index (χ2v) is 3.87. The molecule has 1 heterocycles. The van der Waals surface area contributed by atoms with Crippen molar-refractivity contribution >= 4 is 11.9 Å². The highest BCUT2D eigenvalue weighted by Crippen LogP contribution is 2.21. The Hall–Kier alpha value is -1.69. The summed E-state index contributed by atoms with van der Waals surface area (Å²) in [5.74, 6) is -1.33. The molecule has 0 amide bonds. The summed E-state index contributed by atoms with van der Waals surface area (Å²) in [5.41, 5.74) is 0. The molecule has 100 valence electrons. The molecule has 0 spiro atoms. The molecule has 0 fully saturated rings. The average molecular weight is 258 g/mol. The molecule has 0 aromatic rings. The van der Waals surface area contributed by atoms with Gasteiger partial charge in [-0.3, -0.25) is 4.79 Å². The summed E-state index contributed by atoms with van der Waals surface area (Å²) in [6.07, 6.45) is -1.93. The van der Waals surface area contributed by atoms with E-state index >= 15 is 0 Å². The minimum absolute atomic E-state index is 0.0915. The molecule has 0 aromatic carbocycles. The Bertz CT molecular complexity index is 365. The van der Waals surface area contributed by atoms with Gasteiger partial charge in [0.25, 0.3) is 0 Å². The van der Waals surface area contributed by atoms with Crippen molar-refractivity contribution in [2.45, 2.75) is 37.8 Å². The summed E-state index contributed by atoms with van der Waals surface area (Å²) in [7, 11) is 0. The van der Waals surface area contributed by atoms with Crippen LogP contribution in [-0.2, 0) is 19.1 Å². The molecule has 4 atom stereocenters. The van der Waals surface area contributed by atoms with E-state index in [1.807, 2.05) is 0 Å².